The first kappa shape index (κ1) is 5.03. The number of aromatic nitrogens is 2. The summed E-state index contributed by atoms with van der Waals surface area (Å²) in [5.74, 6) is 0. The van der Waals surface area contributed by atoms with Crippen molar-refractivity contribution in [3.63, 3.8) is 0 Å². The number of aliphatic imine (C=N–C) groups is 1. The molecule has 1 N–H and O–H groups in total. The van der Waals surface area contributed by atoms with E-state index in [-0.39, 0.29) is 0 Å². The van der Waals surface area contributed by atoms with Crippen molar-refractivity contribution >= 4 is 6.21 Å². The molecule has 8 heavy (non-hydrogen) atoms. The van der Waals surface area contributed by atoms with Crippen LogP contribution in [0.4, 0.5) is 0 Å². The van der Waals surface area contributed by atoms with Crippen LogP contribution in [0.3, 0.4) is 0 Å². The highest BCUT2D eigenvalue weighted by atomic mass is 15.1. The molecular formula is C5H7N3. The Hall–Kier alpha value is -1.12. The Morgan fingerprint density at radius 3 is 3.25 bits per heavy atom. The van der Waals surface area contributed by atoms with Crippen LogP contribution in [0.25, 0.3) is 0 Å². The van der Waals surface area contributed by atoms with Gasteiger partial charge in [0.25, 0.3) is 0 Å². The number of aromatic amines is 1. The molecule has 3 nitrogen and oxygen atoms in total. The number of rotatable bonds is 1. The summed E-state index contributed by atoms with van der Waals surface area (Å²) in [6.07, 6.45) is 5.24. The number of nitrogens with zero attached hydrogens (tertiary/aromatic N) is 2. The number of hydrogen-bond acceptors (Lipinski definition) is 2. The molecule has 0 saturated heterocycles. The van der Waals surface area contributed by atoms with Gasteiger partial charge in [-0.1, -0.05) is 0 Å². The largest absolute Gasteiger partial charge is 0.296 e. The maximum Gasteiger partial charge on any atom is 0.0575 e. The fraction of sp³-hybridized carbons (Fsp3) is 0.200. The highest BCUT2D eigenvalue weighted by Crippen LogP contribution is 1.85. The standard InChI is InChI=1S/C5H7N3/c1-6-2-5-3-7-8-4-5/h2-4H,1H3,(H,7,8). The molecule has 1 heterocycles. The predicted octanol–water partition coefficient (Wildman–Crippen LogP) is 0.458. The van der Waals surface area contributed by atoms with Crippen molar-refractivity contribution in [1.82, 2.24) is 10.2 Å². The molecule has 0 spiro atoms. The third-order valence-corrected chi connectivity index (χ3v) is 0.798. The first-order valence-corrected chi connectivity index (χ1v) is 2.34. The summed E-state index contributed by atoms with van der Waals surface area (Å²) < 4.78 is 0. The maximum absolute atomic E-state index is 3.79. The summed E-state index contributed by atoms with van der Waals surface area (Å²) in [5, 5.41) is 6.40. The van der Waals surface area contributed by atoms with Gasteiger partial charge < -0.3 is 0 Å². The Morgan fingerprint density at radius 2 is 2.75 bits per heavy atom. The Balaban J connectivity index is 2.77. The van der Waals surface area contributed by atoms with E-state index in [0.29, 0.717) is 0 Å². The van der Waals surface area contributed by atoms with Gasteiger partial charge >= 0.3 is 0 Å². The molecule has 0 aliphatic heterocycles. The van der Waals surface area contributed by atoms with E-state index in [1.54, 1.807) is 25.7 Å². The first-order valence-electron chi connectivity index (χ1n) is 2.34. The van der Waals surface area contributed by atoms with Crippen molar-refractivity contribution in [2.75, 3.05) is 7.05 Å². The van der Waals surface area contributed by atoms with Crippen LogP contribution in [0.15, 0.2) is 17.4 Å². The van der Waals surface area contributed by atoms with Crippen LogP contribution in [0.1, 0.15) is 5.56 Å². The summed E-state index contributed by atoms with van der Waals surface area (Å²) in [7, 11) is 1.73. The van der Waals surface area contributed by atoms with Crippen LogP contribution in [0, 0.1) is 0 Å². The molecule has 1 aromatic heterocycles. The summed E-state index contributed by atoms with van der Waals surface area (Å²) in [5.41, 5.74) is 1.01. The number of nitrogens with one attached hydrogen (secondary N) is 1. The molecule has 0 aromatic carbocycles. The molecule has 0 aliphatic rings. The lowest BCUT2D eigenvalue weighted by atomic mass is 10.4. The molecule has 0 saturated carbocycles. The Bertz CT molecular complexity index is 164. The topological polar surface area (TPSA) is 41.0 Å². The SMILES string of the molecule is CN=Cc1cn[nH]c1. The van der Waals surface area contributed by atoms with Crippen LogP contribution in [0.2, 0.25) is 0 Å². The van der Waals surface area contributed by atoms with Crippen molar-refractivity contribution in [2.24, 2.45) is 4.99 Å². The third kappa shape index (κ3) is 0.932. The van der Waals surface area contributed by atoms with Crippen LogP contribution >= 0.6 is 0 Å². The molecule has 0 unspecified atom stereocenters. The van der Waals surface area contributed by atoms with Gasteiger partial charge in [0.05, 0.1) is 6.20 Å². The minimum atomic E-state index is 1.01. The van der Waals surface area contributed by atoms with Gasteiger partial charge in [-0.2, -0.15) is 5.10 Å². The number of H-pyrrole nitrogens is 1. The summed E-state index contributed by atoms with van der Waals surface area (Å²) >= 11 is 0. The van der Waals surface area contributed by atoms with E-state index in [0.717, 1.165) is 5.56 Å². The fourth-order valence-corrected chi connectivity index (χ4v) is 0.481. The van der Waals surface area contributed by atoms with Crippen LogP contribution in [-0.4, -0.2) is 23.5 Å². The average Bonchev–Trinajstić information content (AvgIpc) is 2.19. The van der Waals surface area contributed by atoms with Crippen molar-refractivity contribution in [1.29, 1.82) is 0 Å². The minimum Gasteiger partial charge on any atom is -0.296 e. The van der Waals surface area contributed by atoms with E-state index < -0.39 is 0 Å². The van der Waals surface area contributed by atoms with E-state index in [2.05, 4.69) is 15.2 Å². The number of hydrogen-bond donors (Lipinski definition) is 1. The van der Waals surface area contributed by atoms with Gasteiger partial charge in [0.2, 0.25) is 0 Å². The molecule has 0 bridgehead atoms. The van der Waals surface area contributed by atoms with Crippen LogP contribution in [0.5, 0.6) is 0 Å². The Kier molecular flexibility index (Phi) is 1.42. The maximum atomic E-state index is 3.79. The third-order valence-electron chi connectivity index (χ3n) is 0.798. The van der Waals surface area contributed by atoms with E-state index in [9.17, 15) is 0 Å². The van der Waals surface area contributed by atoms with Gasteiger partial charge in [-0.05, 0) is 0 Å². The van der Waals surface area contributed by atoms with E-state index >= 15 is 0 Å². The smallest absolute Gasteiger partial charge is 0.0575 e. The van der Waals surface area contributed by atoms with Gasteiger partial charge in [-0.15, -0.1) is 0 Å². The van der Waals surface area contributed by atoms with E-state index in [1.165, 1.54) is 0 Å². The first-order chi connectivity index (χ1) is 3.93. The van der Waals surface area contributed by atoms with Gasteiger partial charge in [-0.3, -0.25) is 10.1 Å². The van der Waals surface area contributed by atoms with E-state index in [1.807, 2.05) is 0 Å². The van der Waals surface area contributed by atoms with Crippen molar-refractivity contribution in [3.05, 3.63) is 18.0 Å². The minimum absolute atomic E-state index is 1.01. The van der Waals surface area contributed by atoms with Crippen LogP contribution < -0.4 is 0 Å². The Morgan fingerprint density at radius 1 is 1.88 bits per heavy atom. The van der Waals surface area contributed by atoms with Gasteiger partial charge in [0, 0.05) is 25.0 Å². The highest BCUT2D eigenvalue weighted by molar-refractivity contribution is 5.78. The quantitative estimate of drug-likeness (QED) is 0.523. The van der Waals surface area contributed by atoms with Gasteiger partial charge in [-0.25, -0.2) is 0 Å². The summed E-state index contributed by atoms with van der Waals surface area (Å²) in [6, 6.07) is 0. The lowest BCUT2D eigenvalue weighted by Crippen LogP contribution is -1.70. The zero-order valence-electron chi connectivity index (χ0n) is 4.63. The van der Waals surface area contributed by atoms with Gasteiger partial charge in [0.15, 0.2) is 0 Å². The predicted molar refractivity (Wildman–Crippen MR) is 32.1 cm³/mol. The molecule has 42 valence electrons. The molecular weight excluding hydrogens is 102 g/mol. The highest BCUT2D eigenvalue weighted by Gasteiger charge is 1.81. The van der Waals surface area contributed by atoms with Crippen molar-refractivity contribution in [2.45, 2.75) is 0 Å². The summed E-state index contributed by atoms with van der Waals surface area (Å²) in [4.78, 5) is 3.79. The molecule has 0 radical (unpaired) electrons. The Labute approximate surface area is 47.5 Å². The zero-order valence-corrected chi connectivity index (χ0v) is 4.63. The average molecular weight is 109 g/mol. The second-order valence-corrected chi connectivity index (χ2v) is 1.42. The summed E-state index contributed by atoms with van der Waals surface area (Å²) in [6.45, 7) is 0. The molecule has 0 amide bonds. The molecule has 0 fully saturated rings. The molecule has 0 atom stereocenters. The monoisotopic (exact) mass is 109 g/mol. The lowest BCUT2D eigenvalue weighted by Gasteiger charge is -1.72. The van der Waals surface area contributed by atoms with Crippen LogP contribution in [-0.2, 0) is 0 Å². The molecule has 3 heteroatoms. The second kappa shape index (κ2) is 2.26. The fourth-order valence-electron chi connectivity index (χ4n) is 0.481. The van der Waals surface area contributed by atoms with Crippen molar-refractivity contribution < 1.29 is 0 Å². The second-order valence-electron chi connectivity index (χ2n) is 1.42. The zero-order chi connectivity index (χ0) is 5.82. The normalized spacial score (nSPS) is 10.6. The van der Waals surface area contributed by atoms with E-state index in [4.69, 9.17) is 0 Å². The molecule has 0 aliphatic carbocycles. The van der Waals surface area contributed by atoms with Crippen molar-refractivity contribution in [3.8, 4) is 0 Å². The molecule has 1 rings (SSSR count). The van der Waals surface area contributed by atoms with Gasteiger partial charge in [0.1, 0.15) is 0 Å². The molecule has 1 aromatic rings. The lowest BCUT2D eigenvalue weighted by molar-refractivity contribution is 1.09.